The van der Waals surface area contributed by atoms with Crippen LogP contribution in [-0.2, 0) is 9.59 Å². The molecule has 4 heteroatoms. The summed E-state index contributed by atoms with van der Waals surface area (Å²) in [7, 11) is 0. The quantitative estimate of drug-likeness (QED) is 0.794. The number of hydrogen-bond acceptors (Lipinski definition) is 2. The Kier molecular flexibility index (Phi) is 3.64. The molecule has 2 aliphatic rings. The molecular formula is C14H22O4. The highest BCUT2D eigenvalue weighted by molar-refractivity contribution is 5.72. The summed E-state index contributed by atoms with van der Waals surface area (Å²) in [5.74, 6) is -0.686. The Labute approximate surface area is 107 Å². The van der Waals surface area contributed by atoms with Gasteiger partial charge in [-0.05, 0) is 49.4 Å². The predicted molar refractivity (Wildman–Crippen MR) is 66.0 cm³/mol. The molecule has 4 nitrogen and oxygen atoms in total. The maximum atomic E-state index is 11.4. The number of carbonyl (C=O) groups is 2. The fraction of sp³-hybridized carbons (Fsp3) is 0.857. The minimum atomic E-state index is -0.717. The Hall–Kier alpha value is -1.06. The molecule has 0 aliphatic heterocycles. The highest BCUT2D eigenvalue weighted by atomic mass is 16.4. The minimum absolute atomic E-state index is 0.185. The van der Waals surface area contributed by atoms with E-state index in [1.807, 2.05) is 0 Å². The van der Waals surface area contributed by atoms with Crippen LogP contribution in [-0.4, -0.2) is 22.2 Å². The van der Waals surface area contributed by atoms with Gasteiger partial charge in [-0.1, -0.05) is 13.8 Å². The molecule has 2 saturated carbocycles. The van der Waals surface area contributed by atoms with E-state index in [1.165, 1.54) is 0 Å². The van der Waals surface area contributed by atoms with Crippen LogP contribution in [0.5, 0.6) is 0 Å². The molecule has 0 amide bonds. The summed E-state index contributed by atoms with van der Waals surface area (Å²) < 4.78 is 0. The van der Waals surface area contributed by atoms with Crippen LogP contribution >= 0.6 is 0 Å². The Morgan fingerprint density at radius 3 is 2.17 bits per heavy atom. The van der Waals surface area contributed by atoms with Crippen molar-refractivity contribution in [3.05, 3.63) is 0 Å². The van der Waals surface area contributed by atoms with Crippen molar-refractivity contribution >= 4 is 11.9 Å². The summed E-state index contributed by atoms with van der Waals surface area (Å²) in [6, 6.07) is 0. The fourth-order valence-electron chi connectivity index (χ4n) is 4.05. The summed E-state index contributed by atoms with van der Waals surface area (Å²) in [6.07, 6.45) is 2.81. The van der Waals surface area contributed by atoms with Gasteiger partial charge < -0.3 is 10.2 Å². The second-order valence-electron chi connectivity index (χ2n) is 6.19. The summed E-state index contributed by atoms with van der Waals surface area (Å²) in [5.41, 5.74) is 0. The third kappa shape index (κ3) is 2.25. The SMILES string of the molecule is CC1CC(C(=O)O)C2CCC(C(=O)O)CC2C1C. The molecule has 0 heterocycles. The zero-order valence-electron chi connectivity index (χ0n) is 11.0. The van der Waals surface area contributed by atoms with Crippen molar-refractivity contribution in [3.8, 4) is 0 Å². The van der Waals surface area contributed by atoms with Gasteiger partial charge in [-0.3, -0.25) is 9.59 Å². The van der Waals surface area contributed by atoms with Crippen LogP contribution in [0.1, 0.15) is 39.5 Å². The van der Waals surface area contributed by atoms with E-state index in [0.717, 1.165) is 12.8 Å². The lowest BCUT2D eigenvalue weighted by Crippen LogP contribution is -2.45. The normalized spacial score (nSPS) is 44.1. The molecule has 2 aliphatic carbocycles. The minimum Gasteiger partial charge on any atom is -0.481 e. The summed E-state index contributed by atoms with van der Waals surface area (Å²) in [4.78, 5) is 22.5. The lowest BCUT2D eigenvalue weighted by Gasteiger charge is -2.47. The molecule has 0 radical (unpaired) electrons. The third-order valence-corrected chi connectivity index (χ3v) is 5.34. The van der Waals surface area contributed by atoms with Gasteiger partial charge in [0.25, 0.3) is 0 Å². The van der Waals surface area contributed by atoms with Gasteiger partial charge in [-0.15, -0.1) is 0 Å². The van der Waals surface area contributed by atoms with Gasteiger partial charge in [0, 0.05) is 0 Å². The van der Waals surface area contributed by atoms with E-state index < -0.39 is 11.9 Å². The summed E-state index contributed by atoms with van der Waals surface area (Å²) in [5, 5.41) is 18.5. The molecule has 2 rings (SSSR count). The number of carboxylic acids is 2. The first-order valence-electron chi connectivity index (χ1n) is 6.87. The zero-order chi connectivity index (χ0) is 13.4. The van der Waals surface area contributed by atoms with Gasteiger partial charge >= 0.3 is 11.9 Å². The topological polar surface area (TPSA) is 74.6 Å². The average Bonchev–Trinajstić information content (AvgIpc) is 2.32. The van der Waals surface area contributed by atoms with Crippen molar-refractivity contribution in [3.63, 3.8) is 0 Å². The second kappa shape index (κ2) is 4.90. The van der Waals surface area contributed by atoms with Crippen LogP contribution in [0.4, 0.5) is 0 Å². The van der Waals surface area contributed by atoms with Crippen molar-refractivity contribution in [1.82, 2.24) is 0 Å². The van der Waals surface area contributed by atoms with Crippen molar-refractivity contribution in [2.24, 2.45) is 35.5 Å². The fourth-order valence-corrected chi connectivity index (χ4v) is 4.05. The molecule has 18 heavy (non-hydrogen) atoms. The van der Waals surface area contributed by atoms with E-state index in [4.69, 9.17) is 5.11 Å². The van der Waals surface area contributed by atoms with Crippen molar-refractivity contribution < 1.29 is 19.8 Å². The first-order valence-corrected chi connectivity index (χ1v) is 6.87. The number of rotatable bonds is 2. The molecule has 0 saturated heterocycles. The molecule has 0 spiro atoms. The van der Waals surface area contributed by atoms with Crippen LogP contribution < -0.4 is 0 Å². The summed E-state index contributed by atoms with van der Waals surface area (Å²) >= 11 is 0. The monoisotopic (exact) mass is 254 g/mol. The van der Waals surface area contributed by atoms with Crippen LogP contribution in [0.3, 0.4) is 0 Å². The van der Waals surface area contributed by atoms with Crippen molar-refractivity contribution in [2.45, 2.75) is 39.5 Å². The molecule has 0 aromatic carbocycles. The molecule has 102 valence electrons. The highest BCUT2D eigenvalue weighted by Crippen LogP contribution is 2.50. The van der Waals surface area contributed by atoms with Crippen LogP contribution in [0.25, 0.3) is 0 Å². The molecule has 0 bridgehead atoms. The molecule has 6 unspecified atom stereocenters. The van der Waals surface area contributed by atoms with E-state index in [1.54, 1.807) is 0 Å². The van der Waals surface area contributed by atoms with E-state index in [9.17, 15) is 14.7 Å². The lowest BCUT2D eigenvalue weighted by molar-refractivity contribution is -0.152. The van der Waals surface area contributed by atoms with Gasteiger partial charge in [0.2, 0.25) is 0 Å². The van der Waals surface area contributed by atoms with Crippen LogP contribution in [0, 0.1) is 35.5 Å². The second-order valence-corrected chi connectivity index (χ2v) is 6.19. The molecule has 6 atom stereocenters. The average molecular weight is 254 g/mol. The zero-order valence-corrected chi connectivity index (χ0v) is 11.0. The van der Waals surface area contributed by atoms with E-state index in [2.05, 4.69) is 13.8 Å². The van der Waals surface area contributed by atoms with Gasteiger partial charge in [-0.2, -0.15) is 0 Å². The highest BCUT2D eigenvalue weighted by Gasteiger charge is 2.47. The van der Waals surface area contributed by atoms with E-state index >= 15 is 0 Å². The first-order chi connectivity index (χ1) is 8.41. The first kappa shape index (κ1) is 13.4. The number of carboxylic acid groups (broad SMARTS) is 2. The largest absolute Gasteiger partial charge is 0.481 e. The number of fused-ring (bicyclic) bond motifs is 1. The molecule has 0 aromatic rings. The molecule has 2 N–H and O–H groups in total. The van der Waals surface area contributed by atoms with Crippen molar-refractivity contribution in [2.75, 3.05) is 0 Å². The molecular weight excluding hydrogens is 232 g/mol. The van der Waals surface area contributed by atoms with Crippen LogP contribution in [0.2, 0.25) is 0 Å². The Morgan fingerprint density at radius 2 is 1.61 bits per heavy atom. The lowest BCUT2D eigenvalue weighted by atomic mass is 9.56. The smallest absolute Gasteiger partial charge is 0.306 e. The van der Waals surface area contributed by atoms with Gasteiger partial charge in [0.15, 0.2) is 0 Å². The van der Waals surface area contributed by atoms with Gasteiger partial charge in [0.05, 0.1) is 11.8 Å². The maximum absolute atomic E-state index is 11.4. The molecule has 2 fully saturated rings. The van der Waals surface area contributed by atoms with Gasteiger partial charge in [-0.25, -0.2) is 0 Å². The Bertz CT molecular complexity index is 352. The summed E-state index contributed by atoms with van der Waals surface area (Å²) in [6.45, 7) is 4.26. The predicted octanol–water partition coefficient (Wildman–Crippen LogP) is 2.48. The van der Waals surface area contributed by atoms with Crippen LogP contribution in [0.15, 0.2) is 0 Å². The van der Waals surface area contributed by atoms with Crippen molar-refractivity contribution in [1.29, 1.82) is 0 Å². The van der Waals surface area contributed by atoms with E-state index in [0.29, 0.717) is 24.7 Å². The Balaban J connectivity index is 2.18. The van der Waals surface area contributed by atoms with Gasteiger partial charge in [0.1, 0.15) is 0 Å². The molecule has 0 aromatic heterocycles. The van der Waals surface area contributed by atoms with E-state index in [-0.39, 0.29) is 23.7 Å². The Morgan fingerprint density at radius 1 is 0.944 bits per heavy atom. The third-order valence-electron chi connectivity index (χ3n) is 5.34. The standard InChI is InChI=1S/C14H22O4/c1-7-5-12(14(17)18)10-4-3-9(13(15)16)6-11(10)8(7)2/h7-12H,3-6H2,1-2H3,(H,15,16)(H,17,18). The number of hydrogen-bond donors (Lipinski definition) is 2. The number of aliphatic carboxylic acids is 2. The maximum Gasteiger partial charge on any atom is 0.306 e.